The first-order chi connectivity index (χ1) is 14.3. The van der Waals surface area contributed by atoms with E-state index >= 15 is 0 Å². The van der Waals surface area contributed by atoms with Crippen molar-refractivity contribution in [2.75, 3.05) is 0 Å². The van der Waals surface area contributed by atoms with E-state index in [1.165, 1.54) is 38.1 Å². The van der Waals surface area contributed by atoms with E-state index in [4.69, 9.17) is 13.8 Å². The lowest BCUT2D eigenvalue weighted by molar-refractivity contribution is -0.153. The summed E-state index contributed by atoms with van der Waals surface area (Å²) in [6.07, 6.45) is -0.570. The molecule has 0 aromatic heterocycles. The molecule has 0 aliphatic rings. The van der Waals surface area contributed by atoms with Gasteiger partial charge in [-0.3, -0.25) is 4.79 Å². The van der Waals surface area contributed by atoms with Crippen LogP contribution in [0.4, 0.5) is 22.0 Å². The summed E-state index contributed by atoms with van der Waals surface area (Å²) < 4.78 is 96.8. The summed E-state index contributed by atoms with van der Waals surface area (Å²) in [4.78, 5) is 12.3. The Hall–Kier alpha value is -2.65. The zero-order valence-electron chi connectivity index (χ0n) is 16.8. The maximum absolute atomic E-state index is 14.1. The smallest absolute Gasteiger partial charge is 0.462 e. The van der Waals surface area contributed by atoms with Crippen LogP contribution in [0.1, 0.15) is 27.7 Å². The van der Waals surface area contributed by atoms with Gasteiger partial charge in [0.2, 0.25) is 34.8 Å². The summed E-state index contributed by atoms with van der Waals surface area (Å²) in [5, 5.41) is 2.14. The van der Waals surface area contributed by atoms with Gasteiger partial charge < -0.3 is 13.8 Å². The van der Waals surface area contributed by atoms with Gasteiger partial charge in [-0.05, 0) is 39.8 Å². The largest absolute Gasteiger partial charge is 0.514 e. The molecule has 31 heavy (non-hydrogen) atoms. The van der Waals surface area contributed by atoms with Crippen molar-refractivity contribution in [2.24, 2.45) is 0 Å². The number of halogens is 5. The number of rotatable bonds is 8. The van der Waals surface area contributed by atoms with Gasteiger partial charge in [-0.25, -0.2) is 17.7 Å². The van der Waals surface area contributed by atoms with E-state index < -0.39 is 60.2 Å². The van der Waals surface area contributed by atoms with Crippen molar-refractivity contribution in [3.8, 4) is 11.5 Å². The first-order valence-corrected chi connectivity index (χ1v) is 10.4. The van der Waals surface area contributed by atoms with Crippen LogP contribution in [0.3, 0.4) is 0 Å². The van der Waals surface area contributed by atoms with E-state index in [1.54, 1.807) is 19.9 Å². The van der Waals surface area contributed by atoms with Gasteiger partial charge in [0, 0.05) is 0 Å². The zero-order valence-corrected chi connectivity index (χ0v) is 17.7. The summed E-state index contributed by atoms with van der Waals surface area (Å²) in [5.41, 5.74) is -1.82. The molecule has 1 unspecified atom stereocenters. The van der Waals surface area contributed by atoms with Crippen LogP contribution < -0.4 is 14.1 Å². The average Bonchev–Trinajstić information content (AvgIpc) is 2.68. The summed E-state index contributed by atoms with van der Waals surface area (Å²) >= 11 is 0. The number of hydrogen-bond acceptors (Lipinski definition) is 5. The van der Waals surface area contributed by atoms with Gasteiger partial charge >= 0.3 is 13.7 Å². The van der Waals surface area contributed by atoms with Gasteiger partial charge in [0.25, 0.3) is 0 Å². The summed E-state index contributed by atoms with van der Waals surface area (Å²) in [7, 11) is -4.98. The van der Waals surface area contributed by atoms with Crippen molar-refractivity contribution in [1.29, 1.82) is 0 Å². The summed E-state index contributed by atoms with van der Waals surface area (Å²) in [6, 6.07) is 7.05. The molecule has 0 aliphatic carbocycles. The van der Waals surface area contributed by atoms with Crippen molar-refractivity contribution in [3.63, 3.8) is 0 Å². The van der Waals surface area contributed by atoms with Crippen LogP contribution in [-0.2, 0) is 14.1 Å². The molecule has 6 nitrogen and oxygen atoms in total. The number of carbonyl (C=O) groups is 1. The van der Waals surface area contributed by atoms with E-state index in [2.05, 4.69) is 5.09 Å². The van der Waals surface area contributed by atoms with Gasteiger partial charge in [0.1, 0.15) is 11.3 Å². The van der Waals surface area contributed by atoms with E-state index in [-0.39, 0.29) is 5.75 Å². The van der Waals surface area contributed by atoms with Gasteiger partial charge in [-0.1, -0.05) is 18.2 Å². The lowest BCUT2D eigenvalue weighted by atomic mass is 10.1. The van der Waals surface area contributed by atoms with Crippen LogP contribution in [0.15, 0.2) is 30.3 Å². The highest BCUT2D eigenvalue weighted by Crippen LogP contribution is 2.48. The number of para-hydroxylation sites is 1. The van der Waals surface area contributed by atoms with Crippen molar-refractivity contribution < 1.29 is 45.1 Å². The molecule has 0 heterocycles. The maximum Gasteiger partial charge on any atom is 0.514 e. The highest BCUT2D eigenvalue weighted by Gasteiger charge is 2.43. The van der Waals surface area contributed by atoms with Crippen molar-refractivity contribution in [3.05, 3.63) is 59.4 Å². The Balaban J connectivity index is 2.52. The van der Waals surface area contributed by atoms with Crippen molar-refractivity contribution in [2.45, 2.75) is 39.3 Å². The minimum Gasteiger partial charge on any atom is -0.462 e. The predicted molar refractivity (Wildman–Crippen MR) is 100.0 cm³/mol. The topological polar surface area (TPSA) is 73.9 Å². The number of nitrogens with one attached hydrogen (secondary N) is 1. The third-order valence-electron chi connectivity index (χ3n) is 3.62. The number of hydrogen-bond donors (Lipinski definition) is 1. The lowest BCUT2D eigenvalue weighted by Gasteiger charge is -2.29. The minimum absolute atomic E-state index is 0.143. The van der Waals surface area contributed by atoms with Gasteiger partial charge in [-0.15, -0.1) is 0 Å². The highest BCUT2D eigenvalue weighted by atomic mass is 31.2. The molecule has 0 bridgehead atoms. The molecule has 0 saturated heterocycles. The maximum atomic E-state index is 14.1. The SMILES string of the molecule is CC(C)OC(=O)C(C)(C)NP(=O)(Oc1ccccc1)Oc1c(F)c(F)c(F)c(F)c1F. The molecule has 12 heteroatoms. The molecule has 0 aliphatic heterocycles. The molecular formula is C19H19F5NO5P. The highest BCUT2D eigenvalue weighted by molar-refractivity contribution is 7.52. The first-order valence-electron chi connectivity index (χ1n) is 8.83. The fraction of sp³-hybridized carbons (Fsp3) is 0.316. The lowest BCUT2D eigenvalue weighted by Crippen LogP contribution is -2.48. The van der Waals surface area contributed by atoms with E-state index in [1.807, 2.05) is 0 Å². The molecule has 0 radical (unpaired) electrons. The number of carbonyl (C=O) groups excluding carboxylic acids is 1. The zero-order chi connectivity index (χ0) is 23.6. The molecule has 0 spiro atoms. The second-order valence-corrected chi connectivity index (χ2v) is 8.67. The second-order valence-electron chi connectivity index (χ2n) is 7.08. The average molecular weight is 467 g/mol. The standard InChI is InChI=1S/C19H19F5NO5P/c1-10(2)28-18(26)19(3,4)25-31(27,29-11-8-6-5-7-9-11)30-17-15(23)13(21)12(20)14(22)16(17)24/h5-10H,1-4H3,(H,25,27). The quantitative estimate of drug-likeness (QED) is 0.188. The van der Waals surface area contributed by atoms with Gasteiger partial charge in [-0.2, -0.15) is 13.9 Å². The molecule has 2 aromatic carbocycles. The van der Waals surface area contributed by atoms with E-state index in [9.17, 15) is 31.3 Å². The second kappa shape index (κ2) is 9.23. The Morgan fingerprint density at radius 1 is 0.903 bits per heavy atom. The molecule has 1 atom stereocenters. The number of benzene rings is 2. The van der Waals surface area contributed by atoms with Crippen LogP contribution >= 0.6 is 7.75 Å². The van der Waals surface area contributed by atoms with Crippen LogP contribution in [-0.4, -0.2) is 17.6 Å². The van der Waals surface area contributed by atoms with Crippen LogP contribution in [0, 0.1) is 29.1 Å². The Labute approximate surface area is 174 Å². The molecule has 2 aromatic rings. The molecule has 170 valence electrons. The Morgan fingerprint density at radius 2 is 1.39 bits per heavy atom. The fourth-order valence-electron chi connectivity index (χ4n) is 2.22. The monoisotopic (exact) mass is 467 g/mol. The normalized spacial score (nSPS) is 13.6. The van der Waals surface area contributed by atoms with Crippen molar-refractivity contribution >= 4 is 13.7 Å². The fourth-order valence-corrected chi connectivity index (χ4v) is 3.92. The van der Waals surface area contributed by atoms with Crippen LogP contribution in [0.2, 0.25) is 0 Å². The first kappa shape index (κ1) is 24.6. The molecule has 2 rings (SSSR count). The number of esters is 1. The van der Waals surface area contributed by atoms with Crippen LogP contribution in [0.25, 0.3) is 0 Å². The summed E-state index contributed by atoms with van der Waals surface area (Å²) in [5.74, 6) is -14.7. The van der Waals surface area contributed by atoms with E-state index in [0.29, 0.717) is 0 Å². The van der Waals surface area contributed by atoms with Crippen LogP contribution in [0.5, 0.6) is 11.5 Å². The number of ether oxygens (including phenoxy) is 1. The molecule has 0 fully saturated rings. The molecule has 0 amide bonds. The minimum atomic E-state index is -4.98. The van der Waals surface area contributed by atoms with Gasteiger partial charge in [0.15, 0.2) is 0 Å². The Kier molecular flexibility index (Phi) is 7.33. The predicted octanol–water partition coefficient (Wildman–Crippen LogP) is 5.27. The molecule has 1 N–H and O–H groups in total. The van der Waals surface area contributed by atoms with Gasteiger partial charge in [0.05, 0.1) is 6.10 Å². The Morgan fingerprint density at radius 3 is 1.87 bits per heavy atom. The molecular weight excluding hydrogens is 448 g/mol. The third-order valence-corrected chi connectivity index (χ3v) is 5.33. The third kappa shape index (κ3) is 5.74. The molecule has 0 saturated carbocycles. The Bertz CT molecular complexity index is 987. The summed E-state index contributed by atoms with van der Waals surface area (Å²) in [6.45, 7) is 5.47. The van der Waals surface area contributed by atoms with Crippen molar-refractivity contribution in [1.82, 2.24) is 5.09 Å². The van der Waals surface area contributed by atoms with E-state index in [0.717, 1.165) is 0 Å².